The van der Waals surface area contributed by atoms with Gasteiger partial charge in [-0.05, 0) is 12.1 Å². The Morgan fingerprint density at radius 2 is 2.21 bits per heavy atom. The highest BCUT2D eigenvalue weighted by atomic mass is 16.2. The monoisotopic (exact) mass is 183 g/mol. The molecule has 0 saturated carbocycles. The molecule has 0 unspecified atom stereocenters. The van der Waals surface area contributed by atoms with Crippen molar-refractivity contribution >= 4 is 10.8 Å². The molecule has 0 amide bonds. The second kappa shape index (κ2) is 3.91. The largest absolute Gasteiger partial charge is 0.384 e. The zero-order valence-corrected chi connectivity index (χ0v) is 7.57. The molecule has 0 radical (unpaired) electrons. The molecule has 1 N–H and O–H groups in total. The molecule has 0 spiro atoms. The van der Waals surface area contributed by atoms with Crippen molar-refractivity contribution in [3.05, 3.63) is 42.2 Å². The van der Waals surface area contributed by atoms with Gasteiger partial charge in [0.15, 0.2) is 0 Å². The summed E-state index contributed by atoms with van der Waals surface area (Å²) >= 11 is 0. The number of hydrogen-bond acceptors (Lipinski definition) is 2. The normalized spacial score (nSPS) is 9.50. The van der Waals surface area contributed by atoms with Crippen LogP contribution in [0.1, 0.15) is 5.56 Å². The van der Waals surface area contributed by atoms with Crippen molar-refractivity contribution < 1.29 is 5.11 Å². The maximum absolute atomic E-state index is 8.61. The van der Waals surface area contributed by atoms with E-state index < -0.39 is 0 Å². The van der Waals surface area contributed by atoms with E-state index in [1.165, 1.54) is 0 Å². The molecular weight excluding hydrogens is 174 g/mol. The lowest BCUT2D eigenvalue weighted by atomic mass is 10.1. The van der Waals surface area contributed by atoms with Crippen LogP contribution in [-0.2, 0) is 0 Å². The number of pyridine rings is 1. The Morgan fingerprint density at radius 3 is 3.07 bits per heavy atom. The summed E-state index contributed by atoms with van der Waals surface area (Å²) < 4.78 is 0. The fraction of sp³-hybridized carbons (Fsp3) is 0.0833. The minimum absolute atomic E-state index is 0.110. The summed E-state index contributed by atoms with van der Waals surface area (Å²) in [5, 5.41) is 10.8. The van der Waals surface area contributed by atoms with Gasteiger partial charge in [-0.25, -0.2) is 0 Å². The lowest BCUT2D eigenvalue weighted by Crippen LogP contribution is -1.81. The fourth-order valence-corrected chi connectivity index (χ4v) is 1.37. The van der Waals surface area contributed by atoms with Gasteiger partial charge in [0.2, 0.25) is 0 Å². The highest BCUT2D eigenvalue weighted by Crippen LogP contribution is 2.15. The Labute approximate surface area is 82.2 Å². The molecule has 0 fully saturated rings. The van der Waals surface area contributed by atoms with Gasteiger partial charge >= 0.3 is 0 Å². The van der Waals surface area contributed by atoms with Gasteiger partial charge in [-0.3, -0.25) is 4.98 Å². The zero-order chi connectivity index (χ0) is 9.80. The third-order valence-electron chi connectivity index (χ3n) is 1.98. The van der Waals surface area contributed by atoms with Crippen LogP contribution in [0.4, 0.5) is 0 Å². The Morgan fingerprint density at radius 1 is 1.29 bits per heavy atom. The van der Waals surface area contributed by atoms with Gasteiger partial charge in [0.25, 0.3) is 0 Å². The van der Waals surface area contributed by atoms with E-state index in [4.69, 9.17) is 5.11 Å². The molecule has 1 aromatic heterocycles. The SMILES string of the molecule is OCC#Cc1cccc2cnccc12. The summed E-state index contributed by atoms with van der Waals surface area (Å²) in [7, 11) is 0. The Balaban J connectivity index is 2.65. The van der Waals surface area contributed by atoms with Crippen LogP contribution < -0.4 is 0 Å². The van der Waals surface area contributed by atoms with Crippen molar-refractivity contribution in [2.24, 2.45) is 0 Å². The van der Waals surface area contributed by atoms with Gasteiger partial charge in [0, 0.05) is 28.7 Å². The molecule has 0 aliphatic rings. The van der Waals surface area contributed by atoms with Crippen molar-refractivity contribution in [2.45, 2.75) is 0 Å². The first kappa shape index (κ1) is 8.74. The summed E-state index contributed by atoms with van der Waals surface area (Å²) in [5.41, 5.74) is 0.930. The topological polar surface area (TPSA) is 33.1 Å². The van der Waals surface area contributed by atoms with Gasteiger partial charge in [-0.2, -0.15) is 0 Å². The van der Waals surface area contributed by atoms with Gasteiger partial charge < -0.3 is 5.11 Å². The number of aliphatic hydroxyl groups is 1. The van der Waals surface area contributed by atoms with Crippen molar-refractivity contribution in [1.82, 2.24) is 4.98 Å². The molecular formula is C12H9NO. The molecule has 14 heavy (non-hydrogen) atoms. The van der Waals surface area contributed by atoms with Crippen molar-refractivity contribution in [2.75, 3.05) is 6.61 Å². The van der Waals surface area contributed by atoms with Gasteiger partial charge in [-0.1, -0.05) is 24.0 Å². The molecule has 0 saturated heterocycles. The van der Waals surface area contributed by atoms with Crippen LogP contribution in [0.15, 0.2) is 36.7 Å². The lowest BCUT2D eigenvalue weighted by molar-refractivity contribution is 0.350. The number of nitrogens with zero attached hydrogens (tertiary/aromatic N) is 1. The summed E-state index contributed by atoms with van der Waals surface area (Å²) in [6.45, 7) is -0.110. The van der Waals surface area contributed by atoms with Crippen molar-refractivity contribution in [1.29, 1.82) is 0 Å². The van der Waals surface area contributed by atoms with Crippen LogP contribution in [0.5, 0.6) is 0 Å². The average Bonchev–Trinajstić information content (AvgIpc) is 2.26. The molecule has 0 aliphatic heterocycles. The van der Waals surface area contributed by atoms with Crippen LogP contribution in [0.3, 0.4) is 0 Å². The van der Waals surface area contributed by atoms with E-state index in [1.807, 2.05) is 24.3 Å². The van der Waals surface area contributed by atoms with Crippen molar-refractivity contribution in [3.63, 3.8) is 0 Å². The molecule has 2 heteroatoms. The lowest BCUT2D eigenvalue weighted by Gasteiger charge is -1.98. The molecule has 2 aromatic rings. The van der Waals surface area contributed by atoms with Crippen molar-refractivity contribution in [3.8, 4) is 11.8 Å². The second-order valence-electron chi connectivity index (χ2n) is 2.86. The first-order chi connectivity index (χ1) is 6.92. The number of aromatic nitrogens is 1. The Kier molecular flexibility index (Phi) is 2.44. The molecule has 0 atom stereocenters. The smallest absolute Gasteiger partial charge is 0.104 e. The zero-order valence-electron chi connectivity index (χ0n) is 7.57. The quantitative estimate of drug-likeness (QED) is 0.629. The molecule has 68 valence electrons. The fourth-order valence-electron chi connectivity index (χ4n) is 1.37. The predicted molar refractivity (Wildman–Crippen MR) is 55.7 cm³/mol. The average molecular weight is 183 g/mol. The molecule has 2 rings (SSSR count). The van der Waals surface area contributed by atoms with E-state index >= 15 is 0 Å². The summed E-state index contributed by atoms with van der Waals surface area (Å²) in [5.74, 6) is 5.55. The van der Waals surface area contributed by atoms with E-state index in [0.29, 0.717) is 0 Å². The maximum atomic E-state index is 8.61. The number of aliphatic hydroxyl groups excluding tert-OH is 1. The second-order valence-corrected chi connectivity index (χ2v) is 2.86. The predicted octanol–water partition coefficient (Wildman–Crippen LogP) is 1.58. The third kappa shape index (κ3) is 1.59. The highest BCUT2D eigenvalue weighted by Gasteiger charge is 1.95. The number of hydrogen-bond donors (Lipinski definition) is 1. The molecule has 0 bridgehead atoms. The highest BCUT2D eigenvalue weighted by molar-refractivity contribution is 5.87. The van der Waals surface area contributed by atoms with E-state index in [2.05, 4.69) is 16.8 Å². The standard InChI is InChI=1S/C12H9NO/c14-8-2-5-10-3-1-4-11-9-13-7-6-12(10)11/h1,3-4,6-7,9,14H,8H2. The molecule has 1 aromatic carbocycles. The number of rotatable bonds is 0. The van der Waals surface area contributed by atoms with Crippen LogP contribution in [-0.4, -0.2) is 16.7 Å². The van der Waals surface area contributed by atoms with Crippen LogP contribution >= 0.6 is 0 Å². The Bertz CT molecular complexity index is 503. The van der Waals surface area contributed by atoms with Gasteiger partial charge in [0.1, 0.15) is 6.61 Å². The summed E-state index contributed by atoms with van der Waals surface area (Å²) in [6.07, 6.45) is 3.55. The minimum atomic E-state index is -0.110. The Hall–Kier alpha value is -1.85. The molecule has 1 heterocycles. The maximum Gasteiger partial charge on any atom is 0.104 e. The van der Waals surface area contributed by atoms with E-state index in [9.17, 15) is 0 Å². The van der Waals surface area contributed by atoms with Gasteiger partial charge in [0.05, 0.1) is 0 Å². The number of fused-ring (bicyclic) bond motifs is 1. The third-order valence-corrected chi connectivity index (χ3v) is 1.98. The number of benzene rings is 1. The van der Waals surface area contributed by atoms with Crippen LogP contribution in [0, 0.1) is 11.8 Å². The van der Waals surface area contributed by atoms with E-state index in [-0.39, 0.29) is 6.61 Å². The van der Waals surface area contributed by atoms with Crippen LogP contribution in [0.2, 0.25) is 0 Å². The molecule has 2 nitrogen and oxygen atoms in total. The summed E-state index contributed by atoms with van der Waals surface area (Å²) in [6, 6.07) is 7.79. The summed E-state index contributed by atoms with van der Waals surface area (Å²) in [4.78, 5) is 4.04. The van der Waals surface area contributed by atoms with Gasteiger partial charge in [-0.15, -0.1) is 0 Å². The van der Waals surface area contributed by atoms with E-state index in [1.54, 1.807) is 12.4 Å². The van der Waals surface area contributed by atoms with Crippen LogP contribution in [0.25, 0.3) is 10.8 Å². The molecule has 0 aliphatic carbocycles. The van der Waals surface area contributed by atoms with E-state index in [0.717, 1.165) is 16.3 Å². The first-order valence-electron chi connectivity index (χ1n) is 4.34. The first-order valence-corrected chi connectivity index (χ1v) is 4.34. The minimum Gasteiger partial charge on any atom is -0.384 e.